The average Bonchev–Trinajstić information content (AvgIpc) is 2.96. The van der Waals surface area contributed by atoms with Gasteiger partial charge in [-0.1, -0.05) is 37.3 Å². The first-order valence-electron chi connectivity index (χ1n) is 9.78. The number of anilines is 1. The Morgan fingerprint density at radius 1 is 0.893 bits per heavy atom. The van der Waals surface area contributed by atoms with Crippen molar-refractivity contribution in [2.75, 3.05) is 24.6 Å². The molecule has 0 saturated carbocycles. The molecule has 146 valence electrons. The zero-order valence-electron chi connectivity index (χ0n) is 16.6. The van der Waals surface area contributed by atoms with Crippen LogP contribution in [-0.2, 0) is 9.59 Å². The minimum absolute atomic E-state index is 0.235. The van der Waals surface area contributed by atoms with Gasteiger partial charge in [-0.25, -0.2) is 0 Å². The van der Waals surface area contributed by atoms with E-state index in [0.29, 0.717) is 31.0 Å². The minimum Gasteiger partial charge on any atom is -0.494 e. The molecule has 1 heterocycles. The summed E-state index contributed by atoms with van der Waals surface area (Å²) in [7, 11) is 0. The number of imide groups is 1. The minimum atomic E-state index is -0.236. The molecular weight excluding hydrogens is 352 g/mol. The van der Waals surface area contributed by atoms with Gasteiger partial charge in [-0.3, -0.25) is 14.5 Å². The summed E-state index contributed by atoms with van der Waals surface area (Å²) in [4.78, 5) is 29.7. The van der Waals surface area contributed by atoms with Crippen molar-refractivity contribution in [3.8, 4) is 5.75 Å². The molecule has 3 rings (SSSR count). The van der Waals surface area contributed by atoms with Gasteiger partial charge >= 0.3 is 0 Å². The number of carbonyl (C=O) groups is 2. The van der Waals surface area contributed by atoms with Crippen molar-refractivity contribution in [3.63, 3.8) is 0 Å². The van der Waals surface area contributed by atoms with Crippen LogP contribution in [0.1, 0.15) is 32.8 Å². The predicted molar refractivity (Wildman–Crippen MR) is 111 cm³/mol. The Morgan fingerprint density at radius 2 is 1.57 bits per heavy atom. The molecule has 28 heavy (non-hydrogen) atoms. The number of ether oxygens (including phenoxy) is 1. The van der Waals surface area contributed by atoms with Crippen molar-refractivity contribution in [1.82, 2.24) is 4.90 Å². The molecular formula is C23H26N2O3. The highest BCUT2D eigenvalue weighted by molar-refractivity contribution is 6.36. The lowest BCUT2D eigenvalue weighted by Crippen LogP contribution is -2.35. The van der Waals surface area contributed by atoms with E-state index in [-0.39, 0.29) is 11.8 Å². The molecule has 0 fully saturated rings. The highest BCUT2D eigenvalue weighted by atomic mass is 16.5. The van der Waals surface area contributed by atoms with Gasteiger partial charge in [-0.2, -0.15) is 0 Å². The maximum absolute atomic E-state index is 13.2. The highest BCUT2D eigenvalue weighted by Crippen LogP contribution is 2.34. The number of hydrogen-bond acceptors (Lipinski definition) is 4. The zero-order valence-corrected chi connectivity index (χ0v) is 16.6. The van der Waals surface area contributed by atoms with Gasteiger partial charge in [0.05, 0.1) is 12.2 Å². The van der Waals surface area contributed by atoms with E-state index in [9.17, 15) is 9.59 Å². The van der Waals surface area contributed by atoms with Crippen molar-refractivity contribution >= 4 is 23.1 Å². The smallest absolute Gasteiger partial charge is 0.278 e. The number of benzene rings is 2. The van der Waals surface area contributed by atoms with Gasteiger partial charge in [0.2, 0.25) is 0 Å². The Kier molecular flexibility index (Phi) is 6.14. The first kappa shape index (κ1) is 19.7. The fraction of sp³-hybridized carbons (Fsp3) is 0.304. The number of hydrogen-bond donors (Lipinski definition) is 0. The molecule has 0 bridgehead atoms. The molecule has 2 amide bonds. The number of likely N-dealkylation sites (N-methyl/N-ethyl adjacent to an activating group) is 1. The molecule has 0 aromatic heterocycles. The lowest BCUT2D eigenvalue weighted by molar-refractivity contribution is -0.136. The van der Waals surface area contributed by atoms with Gasteiger partial charge < -0.3 is 9.64 Å². The molecule has 0 N–H and O–H groups in total. The van der Waals surface area contributed by atoms with Crippen LogP contribution in [0.2, 0.25) is 0 Å². The van der Waals surface area contributed by atoms with Gasteiger partial charge in [0.15, 0.2) is 0 Å². The molecule has 0 radical (unpaired) electrons. The second-order valence-corrected chi connectivity index (χ2v) is 6.52. The SMILES string of the molecule is CCCN1C(=O)C(c2ccc(OCC)cc2)=C(N(CC)c2ccccc2)C1=O. The van der Waals surface area contributed by atoms with E-state index in [0.717, 1.165) is 23.4 Å². The van der Waals surface area contributed by atoms with Crippen molar-refractivity contribution < 1.29 is 14.3 Å². The van der Waals surface area contributed by atoms with Gasteiger partial charge in [-0.15, -0.1) is 0 Å². The molecule has 0 saturated heterocycles. The third-order valence-electron chi connectivity index (χ3n) is 4.70. The van der Waals surface area contributed by atoms with E-state index < -0.39 is 0 Å². The molecule has 5 heteroatoms. The molecule has 2 aromatic carbocycles. The molecule has 1 aliphatic heterocycles. The van der Waals surface area contributed by atoms with Crippen LogP contribution in [0.15, 0.2) is 60.3 Å². The Balaban J connectivity index is 2.12. The third kappa shape index (κ3) is 3.65. The molecule has 0 atom stereocenters. The van der Waals surface area contributed by atoms with Crippen LogP contribution in [0.4, 0.5) is 5.69 Å². The number of nitrogens with zero attached hydrogens (tertiary/aromatic N) is 2. The average molecular weight is 378 g/mol. The Morgan fingerprint density at radius 3 is 2.14 bits per heavy atom. The summed E-state index contributed by atoms with van der Waals surface area (Å²) in [6, 6.07) is 17.1. The number of amides is 2. The monoisotopic (exact) mass is 378 g/mol. The van der Waals surface area contributed by atoms with Crippen molar-refractivity contribution in [2.45, 2.75) is 27.2 Å². The van der Waals surface area contributed by atoms with Gasteiger partial charge in [-0.05, 0) is 50.1 Å². The maximum Gasteiger partial charge on any atom is 0.278 e. The van der Waals surface area contributed by atoms with Crippen LogP contribution in [0.3, 0.4) is 0 Å². The Bertz CT molecular complexity index is 872. The Hall–Kier alpha value is -3.08. The van der Waals surface area contributed by atoms with Gasteiger partial charge in [0.1, 0.15) is 11.4 Å². The first-order valence-corrected chi connectivity index (χ1v) is 9.78. The quantitative estimate of drug-likeness (QED) is 0.649. The summed E-state index contributed by atoms with van der Waals surface area (Å²) in [5.41, 5.74) is 2.51. The van der Waals surface area contributed by atoms with Crippen LogP contribution in [0.25, 0.3) is 5.57 Å². The predicted octanol–water partition coefficient (Wildman–Crippen LogP) is 4.10. The molecule has 0 aliphatic carbocycles. The maximum atomic E-state index is 13.2. The van der Waals surface area contributed by atoms with Crippen LogP contribution in [-0.4, -0.2) is 36.4 Å². The molecule has 0 unspecified atom stereocenters. The summed E-state index contributed by atoms with van der Waals surface area (Å²) >= 11 is 0. The summed E-state index contributed by atoms with van der Waals surface area (Å²) in [6.45, 7) is 7.44. The number of carbonyl (C=O) groups excluding carboxylic acids is 2. The van der Waals surface area contributed by atoms with Gasteiger partial charge in [0, 0.05) is 18.8 Å². The zero-order chi connectivity index (χ0) is 20.1. The normalized spacial score (nSPS) is 14.0. The lowest BCUT2D eigenvalue weighted by atomic mass is 10.0. The van der Waals surface area contributed by atoms with Crippen LogP contribution >= 0.6 is 0 Å². The number of para-hydroxylation sites is 1. The molecule has 0 spiro atoms. The fourth-order valence-electron chi connectivity index (χ4n) is 3.46. The van der Waals surface area contributed by atoms with Crippen LogP contribution in [0.5, 0.6) is 5.75 Å². The topological polar surface area (TPSA) is 49.9 Å². The second kappa shape index (κ2) is 8.74. The van der Waals surface area contributed by atoms with Crippen molar-refractivity contribution in [1.29, 1.82) is 0 Å². The van der Waals surface area contributed by atoms with Crippen LogP contribution in [0, 0.1) is 0 Å². The summed E-state index contributed by atoms with van der Waals surface area (Å²) in [5, 5.41) is 0. The Labute approximate surface area is 166 Å². The van der Waals surface area contributed by atoms with E-state index in [2.05, 4.69) is 0 Å². The largest absolute Gasteiger partial charge is 0.494 e. The summed E-state index contributed by atoms with van der Waals surface area (Å²) in [5.74, 6) is 0.271. The van der Waals surface area contributed by atoms with E-state index >= 15 is 0 Å². The van der Waals surface area contributed by atoms with E-state index in [1.54, 1.807) is 0 Å². The van der Waals surface area contributed by atoms with E-state index in [1.165, 1.54) is 4.90 Å². The van der Waals surface area contributed by atoms with Gasteiger partial charge in [0.25, 0.3) is 11.8 Å². The fourth-order valence-corrected chi connectivity index (χ4v) is 3.46. The highest BCUT2D eigenvalue weighted by Gasteiger charge is 2.41. The third-order valence-corrected chi connectivity index (χ3v) is 4.70. The first-order chi connectivity index (χ1) is 13.6. The summed E-state index contributed by atoms with van der Waals surface area (Å²) in [6.07, 6.45) is 0.721. The second-order valence-electron chi connectivity index (χ2n) is 6.52. The van der Waals surface area contributed by atoms with Crippen LogP contribution < -0.4 is 9.64 Å². The van der Waals surface area contributed by atoms with Crippen molar-refractivity contribution in [3.05, 3.63) is 65.9 Å². The summed E-state index contributed by atoms with van der Waals surface area (Å²) < 4.78 is 5.51. The van der Waals surface area contributed by atoms with E-state index in [1.807, 2.05) is 80.3 Å². The number of rotatable bonds is 8. The van der Waals surface area contributed by atoms with E-state index in [4.69, 9.17) is 4.74 Å². The standard InChI is InChI=1S/C23H26N2O3/c1-4-16-25-22(26)20(17-12-14-19(15-13-17)28-6-3)21(23(25)27)24(5-2)18-10-8-7-9-11-18/h7-15H,4-6,16H2,1-3H3. The van der Waals surface area contributed by atoms with Crippen molar-refractivity contribution in [2.24, 2.45) is 0 Å². The molecule has 2 aromatic rings. The molecule has 5 nitrogen and oxygen atoms in total. The molecule has 1 aliphatic rings. The lowest BCUT2D eigenvalue weighted by Gasteiger charge is -2.24.